The maximum absolute atomic E-state index is 6.11. The summed E-state index contributed by atoms with van der Waals surface area (Å²) in [4.78, 5) is 4.70. The average molecular weight is 641 g/mol. The molecule has 4 nitrogen and oxygen atoms in total. The predicted octanol–water partition coefficient (Wildman–Crippen LogP) is 12.7. The van der Waals surface area contributed by atoms with Gasteiger partial charge in [-0.15, -0.1) is 0 Å². The van der Waals surface area contributed by atoms with E-state index in [1.165, 1.54) is 46.3 Å². The van der Waals surface area contributed by atoms with E-state index in [1.807, 2.05) is 6.07 Å². The molecule has 0 spiro atoms. The van der Waals surface area contributed by atoms with Crippen molar-refractivity contribution in [3.8, 4) is 11.5 Å². The Hall–Kier alpha value is -4.70. The van der Waals surface area contributed by atoms with Gasteiger partial charge in [0.05, 0.1) is 25.1 Å². The Morgan fingerprint density at radius 3 is 1.42 bits per heavy atom. The van der Waals surface area contributed by atoms with Gasteiger partial charge in [0, 0.05) is 28.8 Å². The number of rotatable bonds is 14. The summed E-state index contributed by atoms with van der Waals surface area (Å²) in [7, 11) is 1.74. The SMILES string of the molecule is CCCCOc1cc(C)c(N(c2ccc(C)cc2)c2ccc(N(c3ccc(C)cc3)c3c(C)cc(CCCC)cc3C)cc2)c(OC)c1. The van der Waals surface area contributed by atoms with Crippen LogP contribution in [0.4, 0.5) is 34.1 Å². The second kappa shape index (κ2) is 15.9. The van der Waals surface area contributed by atoms with Gasteiger partial charge in [-0.25, -0.2) is 0 Å². The van der Waals surface area contributed by atoms with Gasteiger partial charge >= 0.3 is 0 Å². The smallest absolute Gasteiger partial charge is 0.146 e. The fourth-order valence-electron chi connectivity index (χ4n) is 6.45. The number of aryl methyl sites for hydroxylation is 6. The van der Waals surface area contributed by atoms with Crippen molar-refractivity contribution < 1.29 is 9.47 Å². The summed E-state index contributed by atoms with van der Waals surface area (Å²) in [6, 6.07) is 35.3. The summed E-state index contributed by atoms with van der Waals surface area (Å²) in [5.41, 5.74) is 14.2. The van der Waals surface area contributed by atoms with Crippen LogP contribution in [0.25, 0.3) is 0 Å². The Kier molecular flexibility index (Phi) is 11.5. The monoisotopic (exact) mass is 640 g/mol. The fourth-order valence-corrected chi connectivity index (χ4v) is 6.45. The summed E-state index contributed by atoms with van der Waals surface area (Å²) in [5.74, 6) is 1.61. The zero-order valence-electron chi connectivity index (χ0n) is 30.2. The van der Waals surface area contributed by atoms with E-state index in [4.69, 9.17) is 9.47 Å². The number of unbranched alkanes of at least 4 members (excludes halogenated alkanes) is 2. The highest BCUT2D eigenvalue weighted by Gasteiger charge is 2.23. The summed E-state index contributed by atoms with van der Waals surface area (Å²) < 4.78 is 12.1. The summed E-state index contributed by atoms with van der Waals surface area (Å²) in [5, 5.41) is 0. The first-order valence-electron chi connectivity index (χ1n) is 17.5. The molecule has 4 heteroatoms. The summed E-state index contributed by atoms with van der Waals surface area (Å²) in [6.45, 7) is 16.0. The first kappa shape index (κ1) is 34.6. The van der Waals surface area contributed by atoms with Gasteiger partial charge in [-0.2, -0.15) is 0 Å². The van der Waals surface area contributed by atoms with Gasteiger partial charge in [-0.3, -0.25) is 0 Å². The Bertz CT molecular complexity index is 1770. The van der Waals surface area contributed by atoms with Crippen LogP contribution in [0.15, 0.2) is 97.1 Å². The molecule has 0 saturated heterocycles. The lowest BCUT2D eigenvalue weighted by atomic mass is 9.98. The standard InChI is InChI=1S/C44H52N2O2/c1-9-11-13-36-27-33(5)43(34(6)28-36)45(37-18-14-31(3)15-19-37)39-22-24-40(25-23-39)46(38-20-16-32(4)17-21-38)44-35(7)29-41(30-42(44)47-8)48-26-12-10-2/h14-25,27-30H,9-13,26H2,1-8H3. The number of hydrogen-bond acceptors (Lipinski definition) is 4. The van der Waals surface area contributed by atoms with Crippen molar-refractivity contribution in [1.29, 1.82) is 0 Å². The van der Waals surface area contributed by atoms with Crippen LogP contribution >= 0.6 is 0 Å². The van der Waals surface area contributed by atoms with E-state index in [9.17, 15) is 0 Å². The molecule has 0 saturated carbocycles. The lowest BCUT2D eigenvalue weighted by Crippen LogP contribution is -2.15. The lowest BCUT2D eigenvalue weighted by molar-refractivity contribution is 0.307. The molecular weight excluding hydrogens is 588 g/mol. The van der Waals surface area contributed by atoms with Gasteiger partial charge in [-0.1, -0.05) is 74.2 Å². The highest BCUT2D eigenvalue weighted by Crippen LogP contribution is 2.46. The minimum Gasteiger partial charge on any atom is -0.494 e. The third-order valence-electron chi connectivity index (χ3n) is 8.99. The number of hydrogen-bond donors (Lipinski definition) is 0. The first-order valence-corrected chi connectivity index (χ1v) is 17.5. The van der Waals surface area contributed by atoms with Crippen LogP contribution < -0.4 is 19.3 Å². The van der Waals surface area contributed by atoms with Crippen LogP contribution in [0.5, 0.6) is 11.5 Å². The Morgan fingerprint density at radius 2 is 0.958 bits per heavy atom. The Labute approximate surface area is 289 Å². The van der Waals surface area contributed by atoms with E-state index in [1.54, 1.807) is 7.11 Å². The van der Waals surface area contributed by atoms with Crippen LogP contribution in [0.1, 0.15) is 72.9 Å². The molecule has 0 atom stereocenters. The van der Waals surface area contributed by atoms with Crippen molar-refractivity contribution in [3.63, 3.8) is 0 Å². The lowest BCUT2D eigenvalue weighted by Gasteiger charge is -2.31. The van der Waals surface area contributed by atoms with E-state index in [0.29, 0.717) is 6.61 Å². The molecule has 250 valence electrons. The second-order valence-corrected chi connectivity index (χ2v) is 13.0. The van der Waals surface area contributed by atoms with Crippen molar-refractivity contribution in [3.05, 3.63) is 130 Å². The molecule has 0 aliphatic heterocycles. The highest BCUT2D eigenvalue weighted by molar-refractivity contribution is 5.86. The van der Waals surface area contributed by atoms with Gasteiger partial charge in [0.25, 0.3) is 0 Å². The Morgan fingerprint density at radius 1 is 0.521 bits per heavy atom. The molecule has 0 fully saturated rings. The molecular formula is C44H52N2O2. The third kappa shape index (κ3) is 7.87. The van der Waals surface area contributed by atoms with Crippen LogP contribution in [0.2, 0.25) is 0 Å². The number of methoxy groups -OCH3 is 1. The minimum absolute atomic E-state index is 0.694. The van der Waals surface area contributed by atoms with Crippen molar-refractivity contribution in [2.45, 2.75) is 80.6 Å². The van der Waals surface area contributed by atoms with Crippen molar-refractivity contribution in [2.24, 2.45) is 0 Å². The molecule has 0 amide bonds. The zero-order chi connectivity index (χ0) is 34.2. The predicted molar refractivity (Wildman–Crippen MR) is 205 cm³/mol. The zero-order valence-corrected chi connectivity index (χ0v) is 30.2. The number of benzene rings is 5. The largest absolute Gasteiger partial charge is 0.494 e. The molecule has 0 unspecified atom stereocenters. The minimum atomic E-state index is 0.694. The quantitative estimate of drug-likeness (QED) is 0.113. The molecule has 0 aliphatic rings. The van der Waals surface area contributed by atoms with E-state index in [0.717, 1.165) is 64.8 Å². The molecule has 5 aromatic rings. The molecule has 0 aromatic heterocycles. The van der Waals surface area contributed by atoms with Crippen molar-refractivity contribution >= 4 is 34.1 Å². The van der Waals surface area contributed by atoms with E-state index in [2.05, 4.69) is 149 Å². The molecule has 0 radical (unpaired) electrons. The van der Waals surface area contributed by atoms with Gasteiger partial charge in [0.15, 0.2) is 0 Å². The highest BCUT2D eigenvalue weighted by atomic mass is 16.5. The van der Waals surface area contributed by atoms with Crippen LogP contribution in [-0.2, 0) is 6.42 Å². The number of ether oxygens (including phenoxy) is 2. The molecule has 0 bridgehead atoms. The summed E-state index contributed by atoms with van der Waals surface area (Å²) >= 11 is 0. The van der Waals surface area contributed by atoms with Crippen LogP contribution in [0, 0.1) is 34.6 Å². The van der Waals surface area contributed by atoms with Gasteiger partial charge in [0.2, 0.25) is 0 Å². The fraction of sp³-hybridized carbons (Fsp3) is 0.318. The third-order valence-corrected chi connectivity index (χ3v) is 8.99. The second-order valence-electron chi connectivity index (χ2n) is 13.0. The van der Waals surface area contributed by atoms with E-state index in [-0.39, 0.29) is 0 Å². The molecule has 0 N–H and O–H groups in total. The molecule has 0 aliphatic carbocycles. The van der Waals surface area contributed by atoms with Gasteiger partial charge in [0.1, 0.15) is 11.5 Å². The topological polar surface area (TPSA) is 24.9 Å². The normalized spacial score (nSPS) is 11.0. The Balaban J connectivity index is 1.62. The first-order chi connectivity index (χ1) is 23.2. The number of anilines is 6. The average Bonchev–Trinajstić information content (AvgIpc) is 3.08. The van der Waals surface area contributed by atoms with E-state index < -0.39 is 0 Å². The molecule has 5 rings (SSSR count). The molecule has 48 heavy (non-hydrogen) atoms. The number of nitrogens with zero attached hydrogens (tertiary/aromatic N) is 2. The van der Waals surface area contributed by atoms with Gasteiger partial charge < -0.3 is 19.3 Å². The maximum atomic E-state index is 6.11. The van der Waals surface area contributed by atoms with Crippen molar-refractivity contribution in [2.75, 3.05) is 23.5 Å². The van der Waals surface area contributed by atoms with E-state index >= 15 is 0 Å². The summed E-state index contributed by atoms with van der Waals surface area (Å²) in [6.07, 6.45) is 5.63. The van der Waals surface area contributed by atoms with Crippen LogP contribution in [0.3, 0.4) is 0 Å². The van der Waals surface area contributed by atoms with Gasteiger partial charge in [-0.05, 0) is 131 Å². The maximum Gasteiger partial charge on any atom is 0.146 e. The molecule has 5 aromatic carbocycles. The molecule has 0 heterocycles. The van der Waals surface area contributed by atoms with Crippen molar-refractivity contribution in [1.82, 2.24) is 0 Å². The van der Waals surface area contributed by atoms with Crippen LogP contribution in [-0.4, -0.2) is 13.7 Å².